The maximum Gasteiger partial charge on any atom is 0.150 e. The summed E-state index contributed by atoms with van der Waals surface area (Å²) >= 11 is 5.75. The van der Waals surface area contributed by atoms with Crippen LogP contribution < -0.4 is 11.1 Å². The van der Waals surface area contributed by atoms with Gasteiger partial charge in [0, 0.05) is 12.6 Å². The predicted molar refractivity (Wildman–Crippen MR) is 72.2 cm³/mol. The Labute approximate surface area is 114 Å². The topological polar surface area (TPSA) is 50.9 Å². The van der Waals surface area contributed by atoms with Crippen molar-refractivity contribution in [3.63, 3.8) is 0 Å². The van der Waals surface area contributed by atoms with Crippen LogP contribution in [0.1, 0.15) is 5.56 Å². The monoisotopic (exact) mass is 283 g/mol. The summed E-state index contributed by atoms with van der Waals surface area (Å²) in [6, 6.07) is 6.65. The van der Waals surface area contributed by atoms with E-state index in [-0.39, 0.29) is 0 Å². The van der Waals surface area contributed by atoms with Crippen LogP contribution in [-0.4, -0.2) is 11.5 Å². The molecule has 0 bridgehead atoms. The van der Waals surface area contributed by atoms with Gasteiger partial charge in [-0.1, -0.05) is 11.6 Å². The van der Waals surface area contributed by atoms with E-state index in [1.807, 2.05) is 0 Å². The number of nitrogens with one attached hydrogen (secondary N) is 1. The second-order valence-electron chi connectivity index (χ2n) is 4.03. The number of pyridine rings is 1. The molecule has 0 aliphatic rings. The average molecular weight is 284 g/mol. The lowest BCUT2D eigenvalue weighted by atomic mass is 10.1. The highest BCUT2D eigenvalue weighted by Crippen LogP contribution is 2.18. The van der Waals surface area contributed by atoms with Gasteiger partial charge in [0.2, 0.25) is 0 Å². The second kappa shape index (κ2) is 5.84. The largest absolute Gasteiger partial charge is 0.396 e. The fourth-order valence-electron chi connectivity index (χ4n) is 1.67. The van der Waals surface area contributed by atoms with Gasteiger partial charge in [0.1, 0.15) is 16.8 Å². The summed E-state index contributed by atoms with van der Waals surface area (Å²) < 4.78 is 26.0. The summed E-state index contributed by atoms with van der Waals surface area (Å²) in [6.45, 7) is 0.445. The van der Waals surface area contributed by atoms with Crippen molar-refractivity contribution in [2.75, 3.05) is 17.6 Å². The quantitative estimate of drug-likeness (QED) is 0.847. The standard InChI is InChI=1S/C13H12ClF2N3/c14-12-2-1-11(17)13(19-12)18-4-3-8-5-9(15)7-10(16)6-8/h1-2,5-7H,3-4,17H2,(H,18,19). The van der Waals surface area contributed by atoms with Crippen molar-refractivity contribution in [2.45, 2.75) is 6.42 Å². The number of nitrogen functional groups attached to an aromatic ring is 1. The van der Waals surface area contributed by atoms with E-state index >= 15 is 0 Å². The Morgan fingerprint density at radius 2 is 1.84 bits per heavy atom. The molecule has 2 rings (SSSR count). The molecule has 0 fully saturated rings. The molecule has 1 heterocycles. The number of nitrogens with zero attached hydrogens (tertiary/aromatic N) is 1. The van der Waals surface area contributed by atoms with Crippen molar-refractivity contribution in [3.8, 4) is 0 Å². The third kappa shape index (κ3) is 3.79. The van der Waals surface area contributed by atoms with Gasteiger partial charge in [0.05, 0.1) is 5.69 Å². The lowest BCUT2D eigenvalue weighted by Crippen LogP contribution is -2.08. The van der Waals surface area contributed by atoms with Crippen molar-refractivity contribution in [1.29, 1.82) is 0 Å². The van der Waals surface area contributed by atoms with Gasteiger partial charge >= 0.3 is 0 Å². The molecular formula is C13H12ClF2N3. The molecule has 0 amide bonds. The van der Waals surface area contributed by atoms with E-state index in [0.29, 0.717) is 35.2 Å². The molecular weight excluding hydrogens is 272 g/mol. The summed E-state index contributed by atoms with van der Waals surface area (Å²) in [7, 11) is 0. The van der Waals surface area contributed by atoms with Gasteiger partial charge in [-0.05, 0) is 36.2 Å². The summed E-state index contributed by atoms with van der Waals surface area (Å²) in [5.74, 6) is -0.713. The van der Waals surface area contributed by atoms with Gasteiger partial charge in [-0.3, -0.25) is 0 Å². The molecule has 100 valence electrons. The number of nitrogens with two attached hydrogens (primary N) is 1. The Morgan fingerprint density at radius 3 is 2.53 bits per heavy atom. The fraction of sp³-hybridized carbons (Fsp3) is 0.154. The number of halogens is 3. The van der Waals surface area contributed by atoms with E-state index in [1.54, 1.807) is 12.1 Å². The van der Waals surface area contributed by atoms with Gasteiger partial charge in [-0.15, -0.1) is 0 Å². The molecule has 0 unspecified atom stereocenters. The van der Waals surface area contributed by atoms with Gasteiger partial charge in [0.25, 0.3) is 0 Å². The number of hydrogen-bond acceptors (Lipinski definition) is 3. The van der Waals surface area contributed by atoms with Crippen LogP contribution in [0.15, 0.2) is 30.3 Å². The summed E-state index contributed by atoms with van der Waals surface area (Å²) in [5, 5.41) is 3.30. The van der Waals surface area contributed by atoms with Crippen LogP contribution in [0.5, 0.6) is 0 Å². The van der Waals surface area contributed by atoms with Crippen molar-refractivity contribution in [1.82, 2.24) is 4.98 Å². The SMILES string of the molecule is Nc1ccc(Cl)nc1NCCc1cc(F)cc(F)c1. The Bertz CT molecular complexity index is 570. The lowest BCUT2D eigenvalue weighted by molar-refractivity contribution is 0.580. The maximum absolute atomic E-state index is 13.0. The Hall–Kier alpha value is -1.88. The molecule has 19 heavy (non-hydrogen) atoms. The predicted octanol–water partition coefficient (Wildman–Crippen LogP) is 3.25. The molecule has 1 aromatic heterocycles. The highest BCUT2D eigenvalue weighted by atomic mass is 35.5. The van der Waals surface area contributed by atoms with Crippen molar-refractivity contribution in [3.05, 3.63) is 52.7 Å². The molecule has 0 atom stereocenters. The van der Waals surface area contributed by atoms with Crippen molar-refractivity contribution in [2.24, 2.45) is 0 Å². The zero-order valence-corrected chi connectivity index (χ0v) is 10.7. The molecule has 0 aliphatic carbocycles. The summed E-state index contributed by atoms with van der Waals surface area (Å²) in [4.78, 5) is 4.02. The van der Waals surface area contributed by atoms with Gasteiger partial charge in [0.15, 0.2) is 5.82 Å². The van der Waals surface area contributed by atoms with Gasteiger partial charge in [-0.25, -0.2) is 13.8 Å². The van der Waals surface area contributed by atoms with Crippen molar-refractivity contribution < 1.29 is 8.78 Å². The van der Waals surface area contributed by atoms with Crippen molar-refractivity contribution >= 4 is 23.1 Å². The van der Waals surface area contributed by atoms with E-state index < -0.39 is 11.6 Å². The first-order valence-electron chi connectivity index (χ1n) is 5.65. The summed E-state index contributed by atoms with van der Waals surface area (Å²) in [5.41, 5.74) is 6.74. The van der Waals surface area contributed by atoms with Gasteiger partial charge in [-0.2, -0.15) is 0 Å². The molecule has 1 aromatic carbocycles. The van der Waals surface area contributed by atoms with Crippen LogP contribution in [-0.2, 0) is 6.42 Å². The van der Waals surface area contributed by atoms with Crippen LogP contribution >= 0.6 is 11.6 Å². The van der Waals surface area contributed by atoms with E-state index in [1.165, 1.54) is 12.1 Å². The Balaban J connectivity index is 1.98. The van der Waals surface area contributed by atoms with Crippen LogP contribution in [0.3, 0.4) is 0 Å². The highest BCUT2D eigenvalue weighted by Gasteiger charge is 2.03. The second-order valence-corrected chi connectivity index (χ2v) is 4.41. The lowest BCUT2D eigenvalue weighted by Gasteiger charge is -2.08. The number of aromatic nitrogens is 1. The average Bonchev–Trinajstić information content (AvgIpc) is 2.32. The molecule has 0 radical (unpaired) electrons. The summed E-state index contributed by atoms with van der Waals surface area (Å²) in [6.07, 6.45) is 0.447. The zero-order chi connectivity index (χ0) is 13.8. The minimum atomic E-state index is -0.588. The first-order valence-corrected chi connectivity index (χ1v) is 6.03. The zero-order valence-electron chi connectivity index (χ0n) is 9.96. The molecule has 3 nitrogen and oxygen atoms in total. The first kappa shape index (κ1) is 13.5. The molecule has 0 spiro atoms. The number of rotatable bonds is 4. The Morgan fingerprint density at radius 1 is 1.16 bits per heavy atom. The third-order valence-electron chi connectivity index (χ3n) is 2.52. The van der Waals surface area contributed by atoms with Crippen LogP contribution in [0.2, 0.25) is 5.15 Å². The normalized spacial score (nSPS) is 10.5. The van der Waals surface area contributed by atoms with Crippen LogP contribution in [0, 0.1) is 11.6 Å². The van der Waals surface area contributed by atoms with Gasteiger partial charge < -0.3 is 11.1 Å². The fourth-order valence-corrected chi connectivity index (χ4v) is 1.82. The minimum absolute atomic E-state index is 0.327. The minimum Gasteiger partial charge on any atom is -0.396 e. The van der Waals surface area contributed by atoms with Crippen LogP contribution in [0.25, 0.3) is 0 Å². The molecule has 6 heteroatoms. The van der Waals surface area contributed by atoms with Crippen LogP contribution in [0.4, 0.5) is 20.3 Å². The first-order chi connectivity index (χ1) is 9.04. The number of benzene rings is 1. The third-order valence-corrected chi connectivity index (χ3v) is 2.73. The molecule has 2 aromatic rings. The highest BCUT2D eigenvalue weighted by molar-refractivity contribution is 6.29. The molecule has 0 aliphatic heterocycles. The Kier molecular flexibility index (Phi) is 4.16. The van der Waals surface area contributed by atoms with E-state index in [9.17, 15) is 8.78 Å². The maximum atomic E-state index is 13.0. The molecule has 0 saturated heterocycles. The smallest absolute Gasteiger partial charge is 0.150 e. The van der Waals surface area contributed by atoms with E-state index in [4.69, 9.17) is 17.3 Å². The molecule has 0 saturated carbocycles. The number of hydrogen-bond donors (Lipinski definition) is 2. The van der Waals surface area contributed by atoms with E-state index in [2.05, 4.69) is 10.3 Å². The molecule has 3 N–H and O–H groups in total. The van der Waals surface area contributed by atoms with E-state index in [0.717, 1.165) is 6.07 Å². The number of anilines is 2.